The Labute approximate surface area is 240 Å². The van der Waals surface area contributed by atoms with Gasteiger partial charge in [-0.2, -0.15) is 0 Å². The molecule has 1 amide bonds. The molecule has 39 heavy (non-hydrogen) atoms. The van der Waals surface area contributed by atoms with E-state index >= 15 is 0 Å². The van der Waals surface area contributed by atoms with Crippen LogP contribution in [0.25, 0.3) is 22.7 Å². The highest BCUT2D eigenvalue weighted by atomic mass is 35.5. The van der Waals surface area contributed by atoms with Crippen LogP contribution in [0.3, 0.4) is 0 Å². The second-order valence-corrected chi connectivity index (χ2v) is 11.9. The molecular formula is C27H23Cl3N3O5P. The van der Waals surface area contributed by atoms with Gasteiger partial charge in [-0.3, -0.25) is 14.3 Å². The second kappa shape index (κ2) is 12.5. The predicted molar refractivity (Wildman–Crippen MR) is 151 cm³/mol. The number of aromatic nitrogens is 2. The summed E-state index contributed by atoms with van der Waals surface area (Å²) >= 11 is 18.3. The molecule has 0 saturated heterocycles. The van der Waals surface area contributed by atoms with Gasteiger partial charge < -0.3 is 19.2 Å². The van der Waals surface area contributed by atoms with E-state index in [1.165, 1.54) is 4.90 Å². The maximum atomic E-state index is 12.9. The van der Waals surface area contributed by atoms with Crippen LogP contribution in [-0.4, -0.2) is 37.2 Å². The van der Waals surface area contributed by atoms with Crippen molar-refractivity contribution in [3.05, 3.63) is 88.6 Å². The Bertz CT molecular complexity index is 1480. The zero-order chi connectivity index (χ0) is 28.2. The first-order valence-electron chi connectivity index (χ1n) is 11.8. The largest absolute Gasteiger partial charge is 0.354 e. The Balaban J connectivity index is 1.51. The van der Waals surface area contributed by atoms with Crippen molar-refractivity contribution in [2.24, 2.45) is 0 Å². The van der Waals surface area contributed by atoms with Gasteiger partial charge in [0, 0.05) is 41.2 Å². The van der Waals surface area contributed by atoms with Crippen molar-refractivity contribution in [3.8, 4) is 22.7 Å². The van der Waals surface area contributed by atoms with Crippen molar-refractivity contribution >= 4 is 54.0 Å². The minimum atomic E-state index is -4.18. The number of carbonyl (C=O) groups is 1. The van der Waals surface area contributed by atoms with Crippen LogP contribution >= 0.6 is 42.4 Å². The van der Waals surface area contributed by atoms with Gasteiger partial charge in [0.1, 0.15) is 11.4 Å². The summed E-state index contributed by atoms with van der Waals surface area (Å²) in [5.41, 5.74) is 4.41. The Morgan fingerprint density at radius 1 is 1.10 bits per heavy atom. The number of anilines is 1. The number of rotatable bonds is 10. The van der Waals surface area contributed by atoms with Crippen LogP contribution in [0.5, 0.6) is 0 Å². The van der Waals surface area contributed by atoms with Crippen molar-refractivity contribution in [2.45, 2.75) is 30.8 Å². The van der Waals surface area contributed by atoms with Gasteiger partial charge in [-0.05, 0) is 55.7 Å². The molecule has 0 saturated carbocycles. The van der Waals surface area contributed by atoms with Crippen molar-refractivity contribution in [1.29, 1.82) is 0 Å². The number of pyridine rings is 1. The maximum absolute atomic E-state index is 12.9. The highest BCUT2D eigenvalue weighted by Gasteiger charge is 2.23. The SMILES string of the molecule is Cc1cccc(Cl)c1-c1cc(-c2cc(N(CCCc3c#cc(CP(=O)(O)O)cc3)C(=O)C(Cl)Cl)ccn2)on1. The molecule has 0 spiro atoms. The molecule has 4 aromatic rings. The molecule has 0 aliphatic heterocycles. The maximum Gasteiger partial charge on any atom is 0.330 e. The van der Waals surface area contributed by atoms with Crippen LogP contribution < -0.4 is 4.90 Å². The van der Waals surface area contributed by atoms with E-state index < -0.39 is 24.5 Å². The lowest BCUT2D eigenvalue weighted by molar-refractivity contribution is -0.117. The van der Waals surface area contributed by atoms with Crippen molar-refractivity contribution < 1.29 is 23.7 Å². The van der Waals surface area contributed by atoms with E-state index in [2.05, 4.69) is 22.3 Å². The van der Waals surface area contributed by atoms with E-state index in [0.717, 1.165) is 16.7 Å². The molecule has 0 fully saturated rings. The average Bonchev–Trinajstić information content (AvgIpc) is 3.36. The number of amides is 1. The van der Waals surface area contributed by atoms with Gasteiger partial charge in [0.25, 0.3) is 5.91 Å². The Kier molecular flexibility index (Phi) is 9.35. The summed E-state index contributed by atoms with van der Waals surface area (Å²) in [6.07, 6.45) is 2.22. The number of carbonyl (C=O) groups excluding carboxylic acids is 1. The zero-order valence-corrected chi connectivity index (χ0v) is 23.8. The molecule has 202 valence electrons. The monoisotopic (exact) mass is 605 g/mol. The summed E-state index contributed by atoms with van der Waals surface area (Å²) in [5.74, 6) is -0.0969. The summed E-state index contributed by atoms with van der Waals surface area (Å²) in [6.45, 7) is 2.22. The molecule has 0 aliphatic rings. The van der Waals surface area contributed by atoms with Gasteiger partial charge >= 0.3 is 7.60 Å². The Morgan fingerprint density at radius 2 is 1.85 bits per heavy atom. The van der Waals surface area contributed by atoms with E-state index in [9.17, 15) is 9.36 Å². The van der Waals surface area contributed by atoms with Gasteiger partial charge in [0.2, 0.25) is 0 Å². The number of hydrogen-bond acceptors (Lipinski definition) is 5. The average molecular weight is 607 g/mol. The smallest absolute Gasteiger partial charge is 0.330 e. The molecule has 2 N–H and O–H groups in total. The molecule has 0 radical (unpaired) electrons. The summed E-state index contributed by atoms with van der Waals surface area (Å²) < 4.78 is 16.7. The van der Waals surface area contributed by atoms with Crippen LogP contribution in [0.1, 0.15) is 23.1 Å². The molecule has 0 unspecified atom stereocenters. The first kappa shape index (κ1) is 29.1. The Morgan fingerprint density at radius 3 is 2.51 bits per heavy atom. The number of benzene rings is 1. The zero-order valence-electron chi connectivity index (χ0n) is 20.6. The van der Waals surface area contributed by atoms with E-state index in [0.29, 0.717) is 46.3 Å². The van der Waals surface area contributed by atoms with E-state index in [1.807, 2.05) is 19.1 Å². The third-order valence-electron chi connectivity index (χ3n) is 5.82. The van der Waals surface area contributed by atoms with Crippen molar-refractivity contribution in [3.63, 3.8) is 0 Å². The van der Waals surface area contributed by atoms with Gasteiger partial charge in [0.15, 0.2) is 10.6 Å². The minimum absolute atomic E-state index is 0.288. The lowest BCUT2D eigenvalue weighted by Gasteiger charge is -2.23. The minimum Gasteiger partial charge on any atom is -0.354 e. The van der Waals surface area contributed by atoms with Crippen LogP contribution in [0.15, 0.2) is 59.3 Å². The number of aryl methyl sites for hydroxylation is 2. The van der Waals surface area contributed by atoms with Crippen molar-refractivity contribution in [1.82, 2.24) is 10.1 Å². The summed E-state index contributed by atoms with van der Waals surface area (Å²) in [6, 6.07) is 19.7. The molecule has 0 aliphatic carbocycles. The summed E-state index contributed by atoms with van der Waals surface area (Å²) in [5, 5.41) is 4.71. The highest BCUT2D eigenvalue weighted by molar-refractivity contribution is 7.50. The van der Waals surface area contributed by atoms with E-state index in [-0.39, 0.29) is 6.54 Å². The van der Waals surface area contributed by atoms with Gasteiger partial charge in [-0.25, -0.2) is 0 Å². The Hall–Kier alpha value is -2.89. The van der Waals surface area contributed by atoms with Gasteiger partial charge in [-0.1, -0.05) is 64.2 Å². The lowest BCUT2D eigenvalue weighted by Crippen LogP contribution is -2.36. The molecule has 2 aromatic carbocycles. The molecule has 2 heterocycles. The highest BCUT2D eigenvalue weighted by Crippen LogP contribution is 2.38. The van der Waals surface area contributed by atoms with Gasteiger partial charge in [-0.15, -0.1) is 0 Å². The summed E-state index contributed by atoms with van der Waals surface area (Å²) in [7, 11) is -4.18. The molecule has 0 atom stereocenters. The summed E-state index contributed by atoms with van der Waals surface area (Å²) in [4.78, 5) is 35.7. The van der Waals surface area contributed by atoms with Crippen LogP contribution in [0, 0.1) is 19.1 Å². The first-order chi connectivity index (χ1) is 18.5. The molecular weight excluding hydrogens is 584 g/mol. The third kappa shape index (κ3) is 7.61. The number of nitrogens with zero attached hydrogens (tertiary/aromatic N) is 3. The number of hydrogen-bond donors (Lipinski definition) is 2. The second-order valence-electron chi connectivity index (χ2n) is 8.76. The molecule has 12 heteroatoms. The van der Waals surface area contributed by atoms with Crippen molar-refractivity contribution in [2.75, 3.05) is 11.4 Å². The lowest BCUT2D eigenvalue weighted by atomic mass is 10.1. The fraction of sp³-hybridized carbons (Fsp3) is 0.222. The standard InChI is InChI=1S/C27H23Cl3N3O5P/c1-17-4-2-6-21(28)25(17)23-15-24(38-32-23)22-14-20(11-12-31-22)33(27(34)26(29)30)13-3-5-18-7-9-19(10-8-18)16-39(35,36)37/h2,4,6-7,9,11-12,14-15,26H,3,5,13,16H2,1H3,(H2,35,36,37). The molecule has 2 aromatic heterocycles. The third-order valence-corrected chi connectivity index (χ3v) is 7.26. The molecule has 0 bridgehead atoms. The van der Waals surface area contributed by atoms with E-state index in [4.69, 9.17) is 49.1 Å². The fourth-order valence-electron chi connectivity index (χ4n) is 4.01. The quantitative estimate of drug-likeness (QED) is 0.158. The molecule has 8 nitrogen and oxygen atoms in total. The van der Waals surface area contributed by atoms with Crippen LogP contribution in [0.4, 0.5) is 5.69 Å². The van der Waals surface area contributed by atoms with E-state index in [1.54, 1.807) is 42.6 Å². The first-order valence-corrected chi connectivity index (χ1v) is 14.8. The molecule has 4 rings (SSSR count). The predicted octanol–water partition coefficient (Wildman–Crippen LogP) is 6.41. The van der Waals surface area contributed by atoms with Crippen LogP contribution in [0.2, 0.25) is 5.02 Å². The number of alkyl halides is 2. The normalized spacial score (nSPS) is 11.5. The topological polar surface area (TPSA) is 117 Å². The van der Waals surface area contributed by atoms with Gasteiger partial charge in [0.05, 0.1) is 11.2 Å². The fourth-order valence-corrected chi connectivity index (χ4v) is 5.19. The number of halogens is 3. The van der Waals surface area contributed by atoms with Crippen LogP contribution in [-0.2, 0) is 21.9 Å².